The van der Waals surface area contributed by atoms with E-state index in [0.717, 1.165) is 0 Å². The molecule has 2 aromatic rings. The Morgan fingerprint density at radius 1 is 1.33 bits per heavy atom. The highest BCUT2D eigenvalue weighted by Gasteiger charge is 2.18. The summed E-state index contributed by atoms with van der Waals surface area (Å²) in [6.07, 6.45) is 1.63. The number of hydrogen-bond acceptors (Lipinski definition) is 3. The molecule has 0 aliphatic carbocycles. The van der Waals surface area contributed by atoms with E-state index in [-0.39, 0.29) is 4.90 Å². The van der Waals surface area contributed by atoms with Crippen LogP contribution in [0.3, 0.4) is 0 Å². The van der Waals surface area contributed by atoms with Crippen molar-refractivity contribution in [2.45, 2.75) is 11.8 Å². The maximum Gasteiger partial charge on any atom is 0.263 e. The molecule has 0 amide bonds. The molecule has 7 heteroatoms. The molecule has 18 heavy (non-hydrogen) atoms. The lowest BCUT2D eigenvalue weighted by molar-refractivity contribution is 0.600. The van der Waals surface area contributed by atoms with Crippen molar-refractivity contribution in [1.82, 2.24) is 9.78 Å². The van der Waals surface area contributed by atoms with Crippen molar-refractivity contribution in [1.29, 1.82) is 0 Å². The number of aryl methyl sites for hydroxylation is 2. The molecule has 1 aromatic carbocycles. The van der Waals surface area contributed by atoms with Gasteiger partial charge in [-0.05, 0) is 35.0 Å². The van der Waals surface area contributed by atoms with Crippen molar-refractivity contribution in [2.24, 2.45) is 7.05 Å². The number of hydrogen-bond donors (Lipinski definition) is 1. The Labute approximate surface area is 114 Å². The molecule has 0 saturated heterocycles. The summed E-state index contributed by atoms with van der Waals surface area (Å²) in [6.45, 7) is 1.75. The molecule has 0 spiro atoms. The first-order chi connectivity index (χ1) is 8.40. The van der Waals surface area contributed by atoms with Gasteiger partial charge in [0.25, 0.3) is 10.0 Å². The van der Waals surface area contributed by atoms with Crippen LogP contribution < -0.4 is 4.72 Å². The van der Waals surface area contributed by atoms with Gasteiger partial charge in [0, 0.05) is 17.7 Å². The zero-order valence-electron chi connectivity index (χ0n) is 9.88. The number of benzene rings is 1. The van der Waals surface area contributed by atoms with E-state index >= 15 is 0 Å². The summed E-state index contributed by atoms with van der Waals surface area (Å²) in [5.41, 5.74) is 1.11. The number of sulfonamides is 1. The monoisotopic (exact) mass is 329 g/mol. The summed E-state index contributed by atoms with van der Waals surface area (Å²) < 4.78 is 29.0. The van der Waals surface area contributed by atoms with Gasteiger partial charge in [0.15, 0.2) is 0 Å². The first-order valence-electron chi connectivity index (χ1n) is 5.18. The standard InChI is InChI=1S/C11H12BrN3O2S/c1-8-10(7-15(2)13-8)14-18(16,17)11-6-4-3-5-9(11)12/h3-7,14H,1-2H3. The van der Waals surface area contributed by atoms with E-state index in [1.807, 2.05) is 0 Å². The fraction of sp³-hybridized carbons (Fsp3) is 0.182. The Bertz CT molecular complexity index is 679. The van der Waals surface area contributed by atoms with Gasteiger partial charge in [-0.2, -0.15) is 5.10 Å². The second-order valence-corrected chi connectivity index (χ2v) is 6.34. The average molecular weight is 330 g/mol. The number of nitrogens with zero attached hydrogens (tertiary/aromatic N) is 2. The summed E-state index contributed by atoms with van der Waals surface area (Å²) in [7, 11) is -1.86. The van der Waals surface area contributed by atoms with E-state index in [9.17, 15) is 8.42 Å². The minimum atomic E-state index is -3.60. The number of rotatable bonds is 3. The van der Waals surface area contributed by atoms with E-state index in [4.69, 9.17) is 0 Å². The molecule has 0 saturated carbocycles. The molecule has 0 bridgehead atoms. The van der Waals surface area contributed by atoms with Gasteiger partial charge in [-0.15, -0.1) is 0 Å². The van der Waals surface area contributed by atoms with Gasteiger partial charge in [-0.1, -0.05) is 12.1 Å². The van der Waals surface area contributed by atoms with Crippen LogP contribution in [0.5, 0.6) is 0 Å². The Morgan fingerprint density at radius 3 is 2.56 bits per heavy atom. The van der Waals surface area contributed by atoms with Crippen LogP contribution in [-0.4, -0.2) is 18.2 Å². The Morgan fingerprint density at radius 2 is 2.00 bits per heavy atom. The van der Waals surface area contributed by atoms with Crippen molar-refractivity contribution < 1.29 is 8.42 Å². The Balaban J connectivity index is 2.39. The highest BCUT2D eigenvalue weighted by Crippen LogP contribution is 2.24. The molecule has 1 heterocycles. The molecule has 96 valence electrons. The zero-order chi connectivity index (χ0) is 13.3. The van der Waals surface area contributed by atoms with Gasteiger partial charge in [0.05, 0.1) is 11.4 Å². The lowest BCUT2D eigenvalue weighted by Gasteiger charge is -2.08. The first kappa shape index (κ1) is 13.1. The summed E-state index contributed by atoms with van der Waals surface area (Å²) in [5, 5.41) is 4.09. The van der Waals surface area contributed by atoms with E-state index in [1.54, 1.807) is 43.0 Å². The zero-order valence-corrected chi connectivity index (χ0v) is 12.3. The van der Waals surface area contributed by atoms with E-state index < -0.39 is 10.0 Å². The van der Waals surface area contributed by atoms with Crippen molar-refractivity contribution in [2.75, 3.05) is 4.72 Å². The van der Waals surface area contributed by atoms with Gasteiger partial charge in [-0.3, -0.25) is 9.40 Å². The lowest BCUT2D eigenvalue weighted by Crippen LogP contribution is -2.13. The SMILES string of the molecule is Cc1nn(C)cc1NS(=O)(=O)c1ccccc1Br. The molecule has 1 N–H and O–H groups in total. The smallest absolute Gasteiger partial charge is 0.263 e. The molecule has 0 fully saturated rings. The van der Waals surface area contributed by atoms with Crippen LogP contribution in [0.25, 0.3) is 0 Å². The van der Waals surface area contributed by atoms with Gasteiger partial charge < -0.3 is 0 Å². The van der Waals surface area contributed by atoms with Crippen LogP contribution in [-0.2, 0) is 17.1 Å². The van der Waals surface area contributed by atoms with E-state index in [1.165, 1.54) is 6.07 Å². The van der Waals surface area contributed by atoms with Gasteiger partial charge in [-0.25, -0.2) is 8.42 Å². The molecule has 0 atom stereocenters. The maximum absolute atomic E-state index is 12.2. The third kappa shape index (κ3) is 2.56. The third-order valence-corrected chi connectivity index (χ3v) is 4.76. The van der Waals surface area contributed by atoms with E-state index in [2.05, 4.69) is 25.8 Å². The second-order valence-electron chi connectivity index (χ2n) is 3.84. The fourth-order valence-corrected chi connectivity index (χ4v) is 3.67. The van der Waals surface area contributed by atoms with Crippen molar-refractivity contribution in [3.63, 3.8) is 0 Å². The first-order valence-corrected chi connectivity index (χ1v) is 7.45. The molecular formula is C11H12BrN3O2S. The van der Waals surface area contributed by atoms with Crippen LogP contribution in [0.4, 0.5) is 5.69 Å². The fourth-order valence-electron chi connectivity index (χ4n) is 1.56. The number of halogens is 1. The second kappa shape index (κ2) is 4.74. The van der Waals surface area contributed by atoms with Crippen LogP contribution in [0, 0.1) is 6.92 Å². The maximum atomic E-state index is 12.2. The van der Waals surface area contributed by atoms with Crippen LogP contribution >= 0.6 is 15.9 Å². The summed E-state index contributed by atoms with van der Waals surface area (Å²) in [6, 6.07) is 6.66. The molecule has 2 rings (SSSR count). The number of aromatic nitrogens is 2. The van der Waals surface area contributed by atoms with Crippen LogP contribution in [0.2, 0.25) is 0 Å². The largest absolute Gasteiger partial charge is 0.276 e. The minimum absolute atomic E-state index is 0.202. The summed E-state index contributed by atoms with van der Waals surface area (Å²) in [5.74, 6) is 0. The number of anilines is 1. The predicted octanol–water partition coefficient (Wildman–Crippen LogP) is 2.29. The van der Waals surface area contributed by atoms with Crippen molar-refractivity contribution >= 4 is 31.6 Å². The molecule has 5 nitrogen and oxygen atoms in total. The molecule has 0 aliphatic heterocycles. The molecule has 1 aromatic heterocycles. The van der Waals surface area contributed by atoms with E-state index in [0.29, 0.717) is 15.9 Å². The normalized spacial score (nSPS) is 11.5. The lowest BCUT2D eigenvalue weighted by atomic mass is 10.4. The highest BCUT2D eigenvalue weighted by atomic mass is 79.9. The molecule has 0 unspecified atom stereocenters. The third-order valence-electron chi connectivity index (χ3n) is 2.38. The predicted molar refractivity (Wildman–Crippen MR) is 72.9 cm³/mol. The highest BCUT2D eigenvalue weighted by molar-refractivity contribution is 9.10. The molecular weight excluding hydrogens is 318 g/mol. The molecule has 0 radical (unpaired) electrons. The van der Waals surface area contributed by atoms with Gasteiger partial charge in [0.2, 0.25) is 0 Å². The van der Waals surface area contributed by atoms with Crippen LogP contribution in [0.1, 0.15) is 5.69 Å². The summed E-state index contributed by atoms with van der Waals surface area (Å²) in [4.78, 5) is 0.202. The summed E-state index contributed by atoms with van der Waals surface area (Å²) >= 11 is 3.23. The topological polar surface area (TPSA) is 64.0 Å². The van der Waals surface area contributed by atoms with Gasteiger partial charge >= 0.3 is 0 Å². The van der Waals surface area contributed by atoms with Crippen molar-refractivity contribution in [3.05, 3.63) is 40.6 Å². The Hall–Kier alpha value is -1.34. The molecule has 0 aliphatic rings. The quantitative estimate of drug-likeness (QED) is 0.939. The minimum Gasteiger partial charge on any atom is -0.276 e. The number of nitrogens with one attached hydrogen (secondary N) is 1. The van der Waals surface area contributed by atoms with Gasteiger partial charge in [0.1, 0.15) is 4.90 Å². The van der Waals surface area contributed by atoms with Crippen LogP contribution in [0.15, 0.2) is 39.8 Å². The average Bonchev–Trinajstić information content (AvgIpc) is 2.57. The van der Waals surface area contributed by atoms with Crippen molar-refractivity contribution in [3.8, 4) is 0 Å². The Kier molecular flexibility index (Phi) is 3.45.